The third-order valence-corrected chi connectivity index (χ3v) is 4.55. The number of likely N-dealkylation sites (tertiary alicyclic amines) is 1. The number of ether oxygens (including phenoxy) is 1. The molecule has 0 saturated carbocycles. The fourth-order valence-electron chi connectivity index (χ4n) is 3.31. The van der Waals surface area contributed by atoms with E-state index in [-0.39, 0.29) is 5.56 Å². The molecule has 1 aliphatic rings. The van der Waals surface area contributed by atoms with Crippen LogP contribution in [0.5, 0.6) is 0 Å². The van der Waals surface area contributed by atoms with Crippen LogP contribution in [0.4, 0.5) is 4.39 Å². The minimum atomic E-state index is -1.57. The van der Waals surface area contributed by atoms with Crippen molar-refractivity contribution in [3.8, 4) is 0 Å². The Morgan fingerprint density at radius 3 is 2.44 bits per heavy atom. The second kappa shape index (κ2) is 6.51. The molecule has 25 heavy (non-hydrogen) atoms. The maximum absolute atomic E-state index is 14.3. The molecule has 0 bridgehead atoms. The largest absolute Gasteiger partial charge is 0.468 e. The molecule has 128 valence electrons. The van der Waals surface area contributed by atoms with Gasteiger partial charge in [-0.2, -0.15) is 0 Å². The molecule has 1 saturated heterocycles. The van der Waals surface area contributed by atoms with Crippen molar-refractivity contribution in [3.63, 3.8) is 0 Å². The number of rotatable bonds is 4. The monoisotopic (exact) mass is 339 g/mol. The fourth-order valence-corrected chi connectivity index (χ4v) is 3.31. The van der Waals surface area contributed by atoms with Gasteiger partial charge in [-0.25, -0.2) is 4.39 Å². The van der Waals surface area contributed by atoms with Crippen molar-refractivity contribution in [1.82, 2.24) is 4.90 Å². The van der Waals surface area contributed by atoms with Crippen molar-refractivity contribution >= 4 is 18.0 Å². The Hall–Kier alpha value is -2.95. The number of β-lactam (4-membered cyclic amide) rings is 1. The first-order chi connectivity index (χ1) is 12.0. The van der Waals surface area contributed by atoms with E-state index < -0.39 is 29.2 Å². The average molecular weight is 339 g/mol. The molecule has 0 aliphatic carbocycles. The number of methoxy groups -OCH3 is 1. The van der Waals surface area contributed by atoms with Crippen LogP contribution in [0.25, 0.3) is 6.08 Å². The van der Waals surface area contributed by atoms with E-state index in [0.717, 1.165) is 5.56 Å². The van der Waals surface area contributed by atoms with Gasteiger partial charge in [-0.15, -0.1) is 0 Å². The molecule has 0 unspecified atom stereocenters. The minimum absolute atomic E-state index is 0.285. The minimum Gasteiger partial charge on any atom is -0.468 e. The van der Waals surface area contributed by atoms with E-state index in [2.05, 4.69) is 0 Å². The van der Waals surface area contributed by atoms with E-state index in [1.807, 2.05) is 30.3 Å². The summed E-state index contributed by atoms with van der Waals surface area (Å²) in [5, 5.41) is 0. The molecule has 4 nitrogen and oxygen atoms in total. The number of nitrogens with zero attached hydrogens (tertiary/aromatic N) is 1. The zero-order valence-electron chi connectivity index (χ0n) is 14.0. The van der Waals surface area contributed by atoms with Crippen LogP contribution in [-0.4, -0.2) is 30.9 Å². The van der Waals surface area contributed by atoms with E-state index >= 15 is 0 Å². The number of esters is 1. The van der Waals surface area contributed by atoms with Gasteiger partial charge in [-0.3, -0.25) is 9.59 Å². The van der Waals surface area contributed by atoms with Crippen LogP contribution in [0.3, 0.4) is 0 Å². The van der Waals surface area contributed by atoms with E-state index in [9.17, 15) is 14.0 Å². The summed E-state index contributed by atoms with van der Waals surface area (Å²) in [6, 6.07) is 14.7. The van der Waals surface area contributed by atoms with Crippen molar-refractivity contribution < 1.29 is 18.7 Å². The molecule has 0 radical (unpaired) electrons. The van der Waals surface area contributed by atoms with Gasteiger partial charge in [0, 0.05) is 12.6 Å². The van der Waals surface area contributed by atoms with Gasteiger partial charge in [0.1, 0.15) is 5.82 Å². The highest BCUT2D eigenvalue weighted by molar-refractivity contribution is 6.11. The molecule has 1 aliphatic heterocycles. The van der Waals surface area contributed by atoms with Gasteiger partial charge in [0.2, 0.25) is 5.91 Å². The first-order valence-corrected chi connectivity index (χ1v) is 7.86. The van der Waals surface area contributed by atoms with Crippen LogP contribution in [0.1, 0.15) is 17.2 Å². The van der Waals surface area contributed by atoms with Crippen LogP contribution in [-0.2, 0) is 14.3 Å². The van der Waals surface area contributed by atoms with Crippen molar-refractivity contribution in [2.45, 2.75) is 6.04 Å². The normalized spacial score (nSPS) is 22.8. The zero-order chi connectivity index (χ0) is 18.0. The number of carbonyl (C=O) groups is 2. The number of hydrogen-bond donors (Lipinski definition) is 0. The Morgan fingerprint density at radius 1 is 1.16 bits per heavy atom. The highest BCUT2D eigenvalue weighted by Crippen LogP contribution is 2.51. The number of amides is 1. The van der Waals surface area contributed by atoms with Gasteiger partial charge in [0.15, 0.2) is 5.41 Å². The van der Waals surface area contributed by atoms with E-state index in [1.165, 1.54) is 24.2 Å². The Kier molecular flexibility index (Phi) is 4.40. The molecule has 2 aromatic rings. The third-order valence-electron chi connectivity index (χ3n) is 4.55. The molecule has 1 fully saturated rings. The molecular formula is C20H18FNO3. The third kappa shape index (κ3) is 2.61. The maximum atomic E-state index is 14.3. The molecule has 1 amide bonds. The van der Waals surface area contributed by atoms with Crippen LogP contribution in [0.2, 0.25) is 0 Å². The molecule has 3 rings (SSSR count). The quantitative estimate of drug-likeness (QED) is 0.488. The van der Waals surface area contributed by atoms with Crippen molar-refractivity contribution in [2.24, 2.45) is 5.41 Å². The summed E-state index contributed by atoms with van der Waals surface area (Å²) in [6.07, 6.45) is 3.21. The van der Waals surface area contributed by atoms with E-state index in [1.54, 1.807) is 31.3 Å². The number of benzene rings is 2. The van der Waals surface area contributed by atoms with Gasteiger partial charge in [-0.1, -0.05) is 60.7 Å². The summed E-state index contributed by atoms with van der Waals surface area (Å²) in [5.74, 6) is -1.58. The number of carbonyl (C=O) groups excluding carboxylic acids is 2. The summed E-state index contributed by atoms with van der Waals surface area (Å²) in [6.45, 7) is 0. The SMILES string of the molecule is COC(=O)[C@]1(/C=C/c2ccccc2)C(=O)N(C)[C@@H]1c1ccccc1F. The summed E-state index contributed by atoms with van der Waals surface area (Å²) in [5.41, 5.74) is -0.449. The molecule has 2 atom stereocenters. The first kappa shape index (κ1) is 16.9. The predicted molar refractivity (Wildman–Crippen MR) is 91.8 cm³/mol. The highest BCUT2D eigenvalue weighted by Gasteiger charge is 2.64. The van der Waals surface area contributed by atoms with Gasteiger partial charge in [0.25, 0.3) is 0 Å². The zero-order valence-corrected chi connectivity index (χ0v) is 14.0. The predicted octanol–water partition coefficient (Wildman–Crippen LogP) is 3.21. The molecular weight excluding hydrogens is 321 g/mol. The van der Waals surface area contributed by atoms with Crippen LogP contribution >= 0.6 is 0 Å². The van der Waals surface area contributed by atoms with Crippen molar-refractivity contribution in [1.29, 1.82) is 0 Å². The van der Waals surface area contributed by atoms with E-state index in [0.29, 0.717) is 0 Å². The lowest BCUT2D eigenvalue weighted by molar-refractivity contribution is -0.180. The molecule has 0 aromatic heterocycles. The second-order valence-corrected chi connectivity index (χ2v) is 5.94. The molecule has 1 heterocycles. The summed E-state index contributed by atoms with van der Waals surface area (Å²) < 4.78 is 19.2. The first-order valence-electron chi connectivity index (χ1n) is 7.86. The van der Waals surface area contributed by atoms with Crippen molar-refractivity contribution in [3.05, 3.63) is 77.6 Å². The van der Waals surface area contributed by atoms with Gasteiger partial charge in [-0.05, 0) is 11.6 Å². The summed E-state index contributed by atoms with van der Waals surface area (Å²) in [7, 11) is 2.78. The molecule has 0 spiro atoms. The number of hydrogen-bond acceptors (Lipinski definition) is 3. The molecule has 5 heteroatoms. The molecule has 0 N–H and O–H groups in total. The number of halogens is 1. The van der Waals surface area contributed by atoms with Crippen LogP contribution in [0.15, 0.2) is 60.7 Å². The lowest BCUT2D eigenvalue weighted by Gasteiger charge is -2.51. The topological polar surface area (TPSA) is 46.6 Å². The standard InChI is InChI=1S/C20H18FNO3/c1-22-17(15-10-6-7-11-16(15)21)20(18(22)23,19(24)25-2)13-12-14-8-4-3-5-9-14/h3-13,17H,1-2H3/b13-12+/t17-,20+/m1/s1. The van der Waals surface area contributed by atoms with Crippen LogP contribution < -0.4 is 0 Å². The highest BCUT2D eigenvalue weighted by atomic mass is 19.1. The van der Waals surface area contributed by atoms with Crippen molar-refractivity contribution in [2.75, 3.05) is 14.2 Å². The Balaban J connectivity index is 2.10. The van der Waals surface area contributed by atoms with E-state index in [4.69, 9.17) is 4.74 Å². The average Bonchev–Trinajstić information content (AvgIpc) is 2.65. The second-order valence-electron chi connectivity index (χ2n) is 5.94. The summed E-state index contributed by atoms with van der Waals surface area (Å²) >= 11 is 0. The summed E-state index contributed by atoms with van der Waals surface area (Å²) in [4.78, 5) is 26.6. The smallest absolute Gasteiger partial charge is 0.327 e. The fraction of sp³-hybridized carbons (Fsp3) is 0.200. The van der Waals surface area contributed by atoms with Gasteiger partial charge in [0.05, 0.1) is 13.2 Å². The van der Waals surface area contributed by atoms with Crippen LogP contribution in [0, 0.1) is 11.2 Å². The Bertz CT molecular complexity index is 824. The molecule has 2 aromatic carbocycles. The Morgan fingerprint density at radius 2 is 1.80 bits per heavy atom. The Labute approximate surface area is 145 Å². The maximum Gasteiger partial charge on any atom is 0.327 e. The van der Waals surface area contributed by atoms with Gasteiger partial charge >= 0.3 is 5.97 Å². The lowest BCUT2D eigenvalue weighted by Crippen LogP contribution is -2.64. The van der Waals surface area contributed by atoms with Gasteiger partial charge < -0.3 is 9.64 Å². The lowest BCUT2D eigenvalue weighted by atomic mass is 9.67.